The minimum Gasteiger partial charge on any atom is -0.756 e. The van der Waals surface area contributed by atoms with Crippen LogP contribution in [0.25, 0.3) is 0 Å². The van der Waals surface area contributed by atoms with Crippen LogP contribution < -0.4 is 10.2 Å². The molecule has 3 atom stereocenters. The fourth-order valence-corrected chi connectivity index (χ4v) is 11.3. The summed E-state index contributed by atoms with van der Waals surface area (Å²) in [5.74, 6) is -0.205. The summed E-state index contributed by atoms with van der Waals surface area (Å²) < 4.78 is 23.4. The molecule has 0 saturated carbocycles. The van der Waals surface area contributed by atoms with E-state index < -0.39 is 26.6 Å². The quantitative estimate of drug-likeness (QED) is 0.0272. The summed E-state index contributed by atoms with van der Waals surface area (Å²) in [5.41, 5.74) is 0. The Morgan fingerprint density at radius 1 is 0.425 bits per heavy atom. The van der Waals surface area contributed by atoms with Crippen molar-refractivity contribution in [1.29, 1.82) is 0 Å². The van der Waals surface area contributed by atoms with Gasteiger partial charge in [0.1, 0.15) is 13.2 Å². The molecule has 80 heavy (non-hydrogen) atoms. The van der Waals surface area contributed by atoms with Crippen LogP contribution in [0.1, 0.15) is 348 Å². The van der Waals surface area contributed by atoms with Crippen molar-refractivity contribution < 1.29 is 32.9 Å². The molecule has 1 amide bonds. The van der Waals surface area contributed by atoms with Crippen LogP contribution in [0, 0.1) is 0 Å². The van der Waals surface area contributed by atoms with Gasteiger partial charge in [0.2, 0.25) is 5.91 Å². The minimum absolute atomic E-state index is 0.00803. The molecule has 0 radical (unpaired) electrons. The molecular weight excluding hydrogens is 1010 g/mol. The average molecular weight is 1150 g/mol. The van der Waals surface area contributed by atoms with Crippen molar-refractivity contribution in [2.45, 2.75) is 360 Å². The summed E-state index contributed by atoms with van der Waals surface area (Å²) in [7, 11) is 1.25. The summed E-state index contributed by atoms with van der Waals surface area (Å²) in [4.78, 5) is 25.6. The second-order valence-corrected chi connectivity index (χ2v) is 26.6. The zero-order valence-electron chi connectivity index (χ0n) is 54.0. The highest BCUT2D eigenvalue weighted by atomic mass is 31.2. The molecule has 0 aliphatic carbocycles. The number of phosphoric ester groups is 1. The number of hydrogen-bond acceptors (Lipinski definition) is 6. The van der Waals surface area contributed by atoms with Crippen molar-refractivity contribution in [3.05, 3.63) is 48.6 Å². The van der Waals surface area contributed by atoms with Crippen LogP contribution in [-0.2, 0) is 18.4 Å². The highest BCUT2D eigenvalue weighted by Crippen LogP contribution is 2.38. The van der Waals surface area contributed by atoms with Crippen molar-refractivity contribution >= 4 is 13.7 Å². The van der Waals surface area contributed by atoms with Crippen LogP contribution >= 0.6 is 7.82 Å². The van der Waals surface area contributed by atoms with E-state index in [2.05, 4.69) is 55.6 Å². The number of aliphatic hydroxyl groups excluding tert-OH is 1. The molecule has 0 bridgehead atoms. The van der Waals surface area contributed by atoms with Gasteiger partial charge in [-0.1, -0.05) is 319 Å². The zero-order chi connectivity index (χ0) is 58.4. The van der Waals surface area contributed by atoms with Gasteiger partial charge in [-0.15, -0.1) is 0 Å². The number of nitrogens with one attached hydrogen (secondary N) is 1. The number of nitrogens with zero attached hydrogens (tertiary/aromatic N) is 1. The van der Waals surface area contributed by atoms with Gasteiger partial charge in [0.05, 0.1) is 39.9 Å². The van der Waals surface area contributed by atoms with E-state index in [-0.39, 0.29) is 12.5 Å². The molecule has 0 aromatic carbocycles. The monoisotopic (exact) mass is 1150 g/mol. The third-order valence-electron chi connectivity index (χ3n) is 16.0. The molecule has 0 aliphatic rings. The van der Waals surface area contributed by atoms with Crippen LogP contribution in [0.2, 0.25) is 0 Å². The van der Waals surface area contributed by atoms with Crippen molar-refractivity contribution in [2.24, 2.45) is 0 Å². The van der Waals surface area contributed by atoms with Crippen molar-refractivity contribution in [2.75, 3.05) is 40.9 Å². The Morgan fingerprint density at radius 3 is 1.01 bits per heavy atom. The lowest BCUT2D eigenvalue weighted by Crippen LogP contribution is -2.45. The lowest BCUT2D eigenvalue weighted by atomic mass is 10.0. The van der Waals surface area contributed by atoms with Crippen LogP contribution in [0.4, 0.5) is 0 Å². The Morgan fingerprint density at radius 2 is 0.700 bits per heavy atom. The first-order valence-electron chi connectivity index (χ1n) is 35.0. The maximum Gasteiger partial charge on any atom is 0.268 e. The normalized spacial score (nSPS) is 13.9. The van der Waals surface area contributed by atoms with Gasteiger partial charge >= 0.3 is 0 Å². The molecule has 2 N–H and O–H groups in total. The van der Waals surface area contributed by atoms with Crippen LogP contribution in [-0.4, -0.2) is 68.5 Å². The molecular formula is C71H137N2O6P. The summed E-state index contributed by atoms with van der Waals surface area (Å²) >= 11 is 0. The van der Waals surface area contributed by atoms with Gasteiger partial charge in [-0.25, -0.2) is 0 Å². The average Bonchev–Trinajstić information content (AvgIpc) is 3.42. The van der Waals surface area contributed by atoms with E-state index >= 15 is 0 Å². The predicted octanol–water partition coefficient (Wildman–Crippen LogP) is 21.6. The van der Waals surface area contributed by atoms with Gasteiger partial charge < -0.3 is 28.8 Å². The Labute approximate surface area is 499 Å². The van der Waals surface area contributed by atoms with Crippen molar-refractivity contribution in [3.63, 3.8) is 0 Å². The summed E-state index contributed by atoms with van der Waals surface area (Å²) in [6, 6.07) is -0.911. The highest BCUT2D eigenvalue weighted by molar-refractivity contribution is 7.45. The van der Waals surface area contributed by atoms with E-state index in [1.54, 1.807) is 6.08 Å². The number of unbranched alkanes of at least 4 members (excludes halogenated alkanes) is 46. The minimum atomic E-state index is -4.61. The SMILES string of the molecule is CCCCCCCCCC/C=C\CCCCCCCCCCCCCCCCCCCCCCCC(=O)NC(COP(=O)([O-])OCC[N+](C)(C)C)C(O)/C=C/CC/C=C/CC/C=C/CCCCCCCCCCCCCCCCC. The summed E-state index contributed by atoms with van der Waals surface area (Å²) in [5, 5.41) is 13.9. The number of carbonyl (C=O) groups is 1. The maximum absolute atomic E-state index is 13.0. The number of amides is 1. The number of carbonyl (C=O) groups excluding carboxylic acids is 1. The molecule has 8 nitrogen and oxygen atoms in total. The number of hydrogen-bond donors (Lipinski definition) is 2. The first kappa shape index (κ1) is 78.5. The number of rotatable bonds is 65. The van der Waals surface area contributed by atoms with E-state index in [0.29, 0.717) is 17.4 Å². The second kappa shape index (κ2) is 62.0. The largest absolute Gasteiger partial charge is 0.756 e. The fraction of sp³-hybridized carbons (Fsp3) is 0.873. The Kier molecular flexibility index (Phi) is 60.8. The first-order chi connectivity index (χ1) is 39.0. The third kappa shape index (κ3) is 64.0. The summed E-state index contributed by atoms with van der Waals surface area (Å²) in [6.45, 7) is 4.67. The number of allylic oxidation sites excluding steroid dienone is 7. The molecule has 3 unspecified atom stereocenters. The van der Waals surface area contributed by atoms with Gasteiger partial charge in [-0.3, -0.25) is 9.36 Å². The Bertz CT molecular complexity index is 1440. The predicted molar refractivity (Wildman–Crippen MR) is 348 cm³/mol. The highest BCUT2D eigenvalue weighted by Gasteiger charge is 2.23. The number of likely N-dealkylation sites (N-methyl/N-ethyl adjacent to an activating group) is 1. The van der Waals surface area contributed by atoms with Crippen LogP contribution in [0.15, 0.2) is 48.6 Å². The van der Waals surface area contributed by atoms with Gasteiger partial charge in [0, 0.05) is 6.42 Å². The van der Waals surface area contributed by atoms with Gasteiger partial charge in [-0.05, 0) is 70.6 Å². The van der Waals surface area contributed by atoms with E-state index in [1.807, 2.05) is 27.2 Å². The molecule has 0 aromatic rings. The molecule has 0 rings (SSSR count). The molecule has 0 saturated heterocycles. The first-order valence-corrected chi connectivity index (χ1v) is 36.5. The zero-order valence-corrected chi connectivity index (χ0v) is 54.9. The lowest BCUT2D eigenvalue weighted by molar-refractivity contribution is -0.870. The molecule has 9 heteroatoms. The van der Waals surface area contributed by atoms with E-state index in [4.69, 9.17) is 9.05 Å². The van der Waals surface area contributed by atoms with E-state index in [9.17, 15) is 19.4 Å². The third-order valence-corrected chi connectivity index (χ3v) is 17.0. The van der Waals surface area contributed by atoms with Crippen LogP contribution in [0.3, 0.4) is 0 Å². The van der Waals surface area contributed by atoms with Crippen LogP contribution in [0.5, 0.6) is 0 Å². The van der Waals surface area contributed by atoms with E-state index in [1.165, 1.54) is 283 Å². The van der Waals surface area contributed by atoms with Gasteiger partial charge in [0.15, 0.2) is 0 Å². The van der Waals surface area contributed by atoms with E-state index in [0.717, 1.165) is 44.9 Å². The molecule has 0 spiro atoms. The summed E-state index contributed by atoms with van der Waals surface area (Å²) in [6.07, 6.45) is 83.9. The van der Waals surface area contributed by atoms with Crippen molar-refractivity contribution in [1.82, 2.24) is 5.32 Å². The molecule has 0 fully saturated rings. The number of quaternary nitrogens is 1. The van der Waals surface area contributed by atoms with Crippen molar-refractivity contribution in [3.8, 4) is 0 Å². The Balaban J connectivity index is 4.08. The van der Waals surface area contributed by atoms with Gasteiger partial charge in [0.25, 0.3) is 7.82 Å². The smallest absolute Gasteiger partial charge is 0.268 e. The lowest BCUT2D eigenvalue weighted by Gasteiger charge is -2.29. The molecule has 0 heterocycles. The fourth-order valence-electron chi connectivity index (χ4n) is 10.5. The standard InChI is InChI=1S/C71H137N2O6P/c1-6-8-10-12-14-16-18-20-22-24-26-28-30-32-33-34-35-36-37-38-39-41-43-45-47-49-51-53-55-57-59-61-63-65-71(75)72-69(68-79-80(76,77)78-67-66-73(3,4)5)70(74)64-62-60-58-56-54-52-50-48-46-44-42-40-31-29-27-25-23-21-19-17-15-13-11-9-7-2/h24,26,46,48,54,56,62,64,69-70,74H,6-23,25,27-45,47,49-53,55,57-61,63,65-68H2,1-5H3,(H-,72,75,76,77)/b26-24-,48-46+,56-54+,64-62+. The molecule has 0 aliphatic heterocycles. The molecule has 472 valence electrons. The Hall–Kier alpha value is -1.54. The number of phosphoric acid groups is 1. The topological polar surface area (TPSA) is 108 Å². The number of aliphatic hydroxyl groups is 1. The van der Waals surface area contributed by atoms with Gasteiger partial charge in [-0.2, -0.15) is 0 Å². The maximum atomic E-state index is 13.0. The second-order valence-electron chi connectivity index (χ2n) is 25.2. The molecule has 0 aromatic heterocycles.